The molecule has 0 aliphatic heterocycles. The summed E-state index contributed by atoms with van der Waals surface area (Å²) in [4.78, 5) is 14.5. The molecular weight excluding hydrogens is 254 g/mol. The molecule has 0 unspecified atom stereocenters. The summed E-state index contributed by atoms with van der Waals surface area (Å²) in [5.41, 5.74) is 0.252. The molecule has 0 spiro atoms. The largest absolute Gasteiger partial charge is 0.364 e. The van der Waals surface area contributed by atoms with E-state index in [4.69, 9.17) is 11.6 Å². The zero-order chi connectivity index (χ0) is 13.2. The van der Waals surface area contributed by atoms with Crippen LogP contribution < -0.4 is 5.32 Å². The number of aromatic nitrogens is 1. The molecule has 98 valence electrons. The molecule has 1 aliphatic carbocycles. The Kier molecular flexibility index (Phi) is 3.71. The van der Waals surface area contributed by atoms with Crippen LogP contribution in [0.2, 0.25) is 5.15 Å². The summed E-state index contributed by atoms with van der Waals surface area (Å²) in [5.74, 6) is 0.271. The van der Waals surface area contributed by atoms with Gasteiger partial charge in [0.2, 0.25) is 5.82 Å². The smallest absolute Gasteiger partial charge is 0.311 e. The Morgan fingerprint density at radius 2 is 2.28 bits per heavy atom. The zero-order valence-corrected chi connectivity index (χ0v) is 11.0. The van der Waals surface area contributed by atoms with Crippen LogP contribution in [0.1, 0.15) is 32.6 Å². The van der Waals surface area contributed by atoms with Crippen molar-refractivity contribution in [1.29, 1.82) is 0 Å². The summed E-state index contributed by atoms with van der Waals surface area (Å²) in [6.07, 6.45) is 4.66. The minimum atomic E-state index is -0.439. The van der Waals surface area contributed by atoms with Crippen LogP contribution >= 0.6 is 11.6 Å². The molecule has 2 rings (SSSR count). The molecule has 0 saturated heterocycles. The number of nitrogens with one attached hydrogen (secondary N) is 1. The van der Waals surface area contributed by atoms with Crippen molar-refractivity contribution in [2.24, 2.45) is 5.41 Å². The van der Waals surface area contributed by atoms with Crippen molar-refractivity contribution >= 4 is 23.1 Å². The van der Waals surface area contributed by atoms with E-state index < -0.39 is 4.92 Å². The van der Waals surface area contributed by atoms with Crippen LogP contribution in [0.3, 0.4) is 0 Å². The highest BCUT2D eigenvalue weighted by Gasteiger charge is 2.35. The van der Waals surface area contributed by atoms with Gasteiger partial charge >= 0.3 is 5.69 Å². The Morgan fingerprint density at radius 1 is 1.56 bits per heavy atom. The average molecular weight is 270 g/mol. The first-order valence-electron chi connectivity index (χ1n) is 6.11. The lowest BCUT2D eigenvalue weighted by molar-refractivity contribution is -0.384. The molecule has 1 fully saturated rings. The van der Waals surface area contributed by atoms with Crippen molar-refractivity contribution in [3.63, 3.8) is 0 Å². The average Bonchev–Trinajstić information content (AvgIpc) is 2.28. The standard InChI is InChI=1S/C12H16ClN3O2/c1-2-12(6-3-7-12)8-14-11-9(16(17)18)4-5-10(13)15-11/h4-5H,2-3,6-8H2,1H3,(H,14,15). The van der Waals surface area contributed by atoms with Crippen molar-refractivity contribution in [2.75, 3.05) is 11.9 Å². The second-order valence-corrected chi connectivity index (χ2v) is 5.21. The number of hydrogen-bond acceptors (Lipinski definition) is 4. The molecule has 0 radical (unpaired) electrons. The van der Waals surface area contributed by atoms with E-state index in [-0.39, 0.29) is 22.1 Å². The normalized spacial score (nSPS) is 17.0. The first-order valence-corrected chi connectivity index (χ1v) is 6.49. The van der Waals surface area contributed by atoms with Crippen molar-refractivity contribution < 1.29 is 4.92 Å². The Balaban J connectivity index is 2.12. The van der Waals surface area contributed by atoms with E-state index in [2.05, 4.69) is 17.2 Å². The SMILES string of the molecule is CCC1(CNc2nc(Cl)ccc2[N+](=O)[O-])CCC1. The van der Waals surface area contributed by atoms with Crippen molar-refractivity contribution in [3.05, 3.63) is 27.4 Å². The topological polar surface area (TPSA) is 68.1 Å². The molecule has 1 saturated carbocycles. The first kappa shape index (κ1) is 13.1. The zero-order valence-electron chi connectivity index (χ0n) is 10.3. The van der Waals surface area contributed by atoms with Gasteiger partial charge in [-0.1, -0.05) is 24.9 Å². The Hall–Kier alpha value is -1.36. The van der Waals surface area contributed by atoms with Crippen LogP contribution in [0.5, 0.6) is 0 Å². The second-order valence-electron chi connectivity index (χ2n) is 4.82. The highest BCUT2D eigenvalue weighted by molar-refractivity contribution is 6.29. The van der Waals surface area contributed by atoms with Crippen molar-refractivity contribution in [3.8, 4) is 0 Å². The van der Waals surface area contributed by atoms with Gasteiger partial charge in [0.15, 0.2) is 0 Å². The van der Waals surface area contributed by atoms with E-state index in [1.807, 2.05) is 0 Å². The molecule has 1 heterocycles. The number of pyridine rings is 1. The maximum absolute atomic E-state index is 10.9. The third-order valence-electron chi connectivity index (χ3n) is 3.83. The first-order chi connectivity index (χ1) is 8.56. The highest BCUT2D eigenvalue weighted by Crippen LogP contribution is 2.44. The summed E-state index contributed by atoms with van der Waals surface area (Å²) in [5, 5.41) is 14.3. The van der Waals surface area contributed by atoms with E-state index >= 15 is 0 Å². The van der Waals surface area contributed by atoms with E-state index in [1.54, 1.807) is 0 Å². The molecule has 6 heteroatoms. The molecule has 5 nitrogen and oxygen atoms in total. The number of rotatable bonds is 5. The van der Waals surface area contributed by atoms with Gasteiger partial charge in [0.25, 0.3) is 0 Å². The van der Waals surface area contributed by atoms with Crippen molar-refractivity contribution in [1.82, 2.24) is 4.98 Å². The maximum atomic E-state index is 10.9. The maximum Gasteiger partial charge on any atom is 0.311 e. The van der Waals surface area contributed by atoms with Gasteiger partial charge in [-0.3, -0.25) is 10.1 Å². The molecule has 18 heavy (non-hydrogen) atoms. The van der Waals surface area contributed by atoms with Crippen LogP contribution in [-0.2, 0) is 0 Å². The Morgan fingerprint density at radius 3 is 2.78 bits per heavy atom. The van der Waals surface area contributed by atoms with E-state index in [1.165, 1.54) is 31.4 Å². The molecule has 0 atom stereocenters. The molecule has 0 bridgehead atoms. The predicted octanol–water partition coefficient (Wildman–Crippen LogP) is 3.64. The van der Waals surface area contributed by atoms with Gasteiger partial charge in [-0.15, -0.1) is 0 Å². The van der Waals surface area contributed by atoms with Gasteiger partial charge < -0.3 is 5.32 Å². The highest BCUT2D eigenvalue weighted by atomic mass is 35.5. The van der Waals surface area contributed by atoms with Crippen LogP contribution in [-0.4, -0.2) is 16.5 Å². The van der Waals surface area contributed by atoms with Gasteiger partial charge in [0, 0.05) is 12.6 Å². The summed E-state index contributed by atoms with van der Waals surface area (Å²) >= 11 is 5.78. The summed E-state index contributed by atoms with van der Waals surface area (Å²) < 4.78 is 0. The van der Waals surface area contributed by atoms with Crippen LogP contribution in [0.4, 0.5) is 11.5 Å². The molecule has 0 aromatic carbocycles. The second kappa shape index (κ2) is 5.10. The fraction of sp³-hybridized carbons (Fsp3) is 0.583. The molecule has 0 amide bonds. The van der Waals surface area contributed by atoms with Gasteiger partial charge in [-0.05, 0) is 30.7 Å². The lowest BCUT2D eigenvalue weighted by atomic mass is 9.67. The fourth-order valence-electron chi connectivity index (χ4n) is 2.31. The molecule has 1 aromatic rings. The van der Waals surface area contributed by atoms with Gasteiger partial charge in [0.1, 0.15) is 5.15 Å². The quantitative estimate of drug-likeness (QED) is 0.503. The van der Waals surface area contributed by atoms with Crippen LogP contribution in [0, 0.1) is 15.5 Å². The van der Waals surface area contributed by atoms with Crippen LogP contribution in [0.25, 0.3) is 0 Å². The molecule has 1 aromatic heterocycles. The third-order valence-corrected chi connectivity index (χ3v) is 4.04. The van der Waals surface area contributed by atoms with Gasteiger partial charge in [-0.2, -0.15) is 0 Å². The van der Waals surface area contributed by atoms with Crippen LogP contribution in [0.15, 0.2) is 12.1 Å². The van der Waals surface area contributed by atoms with Crippen molar-refractivity contribution in [2.45, 2.75) is 32.6 Å². The molecule has 1 aliphatic rings. The minimum Gasteiger partial charge on any atom is -0.364 e. The summed E-state index contributed by atoms with van der Waals surface area (Å²) in [6, 6.07) is 2.82. The monoisotopic (exact) mass is 269 g/mol. The Labute approximate surface area is 111 Å². The van der Waals surface area contributed by atoms with E-state index in [0.29, 0.717) is 0 Å². The third kappa shape index (κ3) is 2.56. The predicted molar refractivity (Wildman–Crippen MR) is 71.0 cm³/mol. The molecule has 1 N–H and O–H groups in total. The lowest BCUT2D eigenvalue weighted by Gasteiger charge is -2.41. The van der Waals surface area contributed by atoms with E-state index in [0.717, 1.165) is 13.0 Å². The summed E-state index contributed by atoms with van der Waals surface area (Å²) in [6.45, 7) is 2.87. The number of nitro groups is 1. The molecular formula is C12H16ClN3O2. The Bertz CT molecular complexity index is 455. The number of nitrogens with zero attached hydrogens (tertiary/aromatic N) is 2. The van der Waals surface area contributed by atoms with Gasteiger partial charge in [0.05, 0.1) is 4.92 Å². The number of hydrogen-bond donors (Lipinski definition) is 1. The van der Waals surface area contributed by atoms with Gasteiger partial charge in [-0.25, -0.2) is 4.98 Å². The minimum absolute atomic E-state index is 0.0232. The lowest BCUT2D eigenvalue weighted by Crippen LogP contribution is -2.36. The fourth-order valence-corrected chi connectivity index (χ4v) is 2.46. The van der Waals surface area contributed by atoms with E-state index in [9.17, 15) is 10.1 Å². The summed E-state index contributed by atoms with van der Waals surface area (Å²) in [7, 11) is 0. The number of halogens is 1. The number of anilines is 1.